The molecule has 3 rings (SSSR count). The lowest BCUT2D eigenvalue weighted by atomic mass is 10.1. The SMILES string of the molecule is CC1CC(N2CCN(C(=O)OC(C)(C)C)CC2)=NN1c1ccc(CN)cc1. The molecule has 2 aliphatic heterocycles. The van der Waals surface area contributed by atoms with Gasteiger partial charge in [-0.25, -0.2) is 4.79 Å². The van der Waals surface area contributed by atoms with Crippen LogP contribution in [0.2, 0.25) is 0 Å². The molecular formula is C20H31N5O2. The molecule has 27 heavy (non-hydrogen) atoms. The first-order valence-corrected chi connectivity index (χ1v) is 9.65. The Bertz CT molecular complexity index is 687. The number of rotatable bonds is 2. The second-order valence-corrected chi connectivity index (χ2v) is 8.24. The van der Waals surface area contributed by atoms with Crippen LogP contribution >= 0.6 is 0 Å². The number of amidine groups is 1. The second kappa shape index (κ2) is 7.76. The van der Waals surface area contributed by atoms with Crippen LogP contribution in [-0.2, 0) is 11.3 Å². The van der Waals surface area contributed by atoms with Gasteiger partial charge in [0, 0.05) is 39.1 Å². The maximum atomic E-state index is 12.2. The Hall–Kier alpha value is -2.28. The quantitative estimate of drug-likeness (QED) is 0.862. The Morgan fingerprint density at radius 3 is 2.37 bits per heavy atom. The van der Waals surface area contributed by atoms with E-state index >= 15 is 0 Å². The van der Waals surface area contributed by atoms with Crippen molar-refractivity contribution in [2.24, 2.45) is 10.8 Å². The maximum Gasteiger partial charge on any atom is 0.410 e. The van der Waals surface area contributed by atoms with Crippen LogP contribution in [-0.4, -0.2) is 59.6 Å². The number of anilines is 1. The first-order chi connectivity index (χ1) is 12.8. The first-order valence-electron chi connectivity index (χ1n) is 9.65. The van der Waals surface area contributed by atoms with Crippen LogP contribution in [0.3, 0.4) is 0 Å². The van der Waals surface area contributed by atoms with Crippen molar-refractivity contribution in [3.63, 3.8) is 0 Å². The first kappa shape index (κ1) is 19.5. The van der Waals surface area contributed by atoms with Gasteiger partial charge in [-0.15, -0.1) is 0 Å². The number of amides is 1. The van der Waals surface area contributed by atoms with Crippen molar-refractivity contribution in [2.45, 2.75) is 52.3 Å². The summed E-state index contributed by atoms with van der Waals surface area (Å²) in [7, 11) is 0. The van der Waals surface area contributed by atoms with E-state index in [4.69, 9.17) is 15.6 Å². The van der Waals surface area contributed by atoms with Gasteiger partial charge in [0.15, 0.2) is 0 Å². The minimum absolute atomic E-state index is 0.231. The van der Waals surface area contributed by atoms with Gasteiger partial charge in [-0.3, -0.25) is 5.01 Å². The molecule has 2 heterocycles. The van der Waals surface area contributed by atoms with Crippen molar-refractivity contribution in [1.29, 1.82) is 0 Å². The maximum absolute atomic E-state index is 12.2. The molecule has 0 saturated carbocycles. The van der Waals surface area contributed by atoms with Crippen LogP contribution in [0.25, 0.3) is 0 Å². The summed E-state index contributed by atoms with van der Waals surface area (Å²) in [5, 5.41) is 6.94. The molecule has 0 aromatic heterocycles. The molecule has 0 aliphatic carbocycles. The fraction of sp³-hybridized carbons (Fsp3) is 0.600. The van der Waals surface area contributed by atoms with Crippen LogP contribution in [0.5, 0.6) is 0 Å². The van der Waals surface area contributed by atoms with Gasteiger partial charge < -0.3 is 20.3 Å². The molecule has 1 atom stereocenters. The number of hydrogen-bond acceptors (Lipinski definition) is 6. The Morgan fingerprint density at radius 2 is 1.81 bits per heavy atom. The summed E-state index contributed by atoms with van der Waals surface area (Å²) in [5.41, 5.74) is 7.43. The molecular weight excluding hydrogens is 342 g/mol. The van der Waals surface area contributed by atoms with Crippen LogP contribution in [0, 0.1) is 0 Å². The zero-order valence-electron chi connectivity index (χ0n) is 16.8. The van der Waals surface area contributed by atoms with E-state index < -0.39 is 5.60 Å². The summed E-state index contributed by atoms with van der Waals surface area (Å²) in [6, 6.07) is 8.56. The van der Waals surface area contributed by atoms with Gasteiger partial charge in [-0.2, -0.15) is 5.10 Å². The molecule has 1 unspecified atom stereocenters. The van der Waals surface area contributed by atoms with Crippen LogP contribution in [0.4, 0.5) is 10.5 Å². The average Bonchev–Trinajstić information content (AvgIpc) is 3.02. The largest absolute Gasteiger partial charge is 0.444 e. The van der Waals surface area contributed by atoms with Crippen molar-refractivity contribution in [1.82, 2.24) is 9.80 Å². The lowest BCUT2D eigenvalue weighted by Crippen LogP contribution is -2.51. The van der Waals surface area contributed by atoms with E-state index in [1.165, 1.54) is 0 Å². The number of hydrogen-bond donors (Lipinski definition) is 1. The van der Waals surface area contributed by atoms with Gasteiger partial charge in [0.05, 0.1) is 11.7 Å². The number of nitrogens with zero attached hydrogens (tertiary/aromatic N) is 4. The standard InChI is InChI=1S/C20H31N5O2/c1-15-13-18(22-25(15)17-7-5-16(14-21)6-8-17)23-9-11-24(12-10-23)19(26)27-20(2,3)4/h5-8,15H,9-14,21H2,1-4H3. The zero-order valence-corrected chi connectivity index (χ0v) is 16.8. The summed E-state index contributed by atoms with van der Waals surface area (Å²) in [6.07, 6.45) is 0.677. The van der Waals surface area contributed by atoms with E-state index in [0.717, 1.165) is 36.6 Å². The van der Waals surface area contributed by atoms with Gasteiger partial charge >= 0.3 is 6.09 Å². The number of hydrazone groups is 1. The number of carbonyl (C=O) groups is 1. The lowest BCUT2D eigenvalue weighted by molar-refractivity contribution is 0.0186. The van der Waals surface area contributed by atoms with E-state index in [2.05, 4.69) is 41.1 Å². The Morgan fingerprint density at radius 1 is 1.19 bits per heavy atom. The highest BCUT2D eigenvalue weighted by molar-refractivity contribution is 5.87. The topological polar surface area (TPSA) is 74.4 Å². The van der Waals surface area contributed by atoms with Crippen LogP contribution in [0.1, 0.15) is 39.7 Å². The van der Waals surface area contributed by atoms with Crippen LogP contribution < -0.4 is 10.7 Å². The lowest BCUT2D eigenvalue weighted by Gasteiger charge is -2.36. The van der Waals surface area contributed by atoms with E-state index in [1.807, 2.05) is 20.8 Å². The molecule has 1 amide bonds. The highest BCUT2D eigenvalue weighted by Crippen LogP contribution is 2.26. The Balaban J connectivity index is 1.60. The minimum Gasteiger partial charge on any atom is -0.444 e. The van der Waals surface area contributed by atoms with Crippen molar-refractivity contribution >= 4 is 17.6 Å². The van der Waals surface area contributed by atoms with Crippen molar-refractivity contribution < 1.29 is 9.53 Å². The molecule has 0 radical (unpaired) electrons. The summed E-state index contributed by atoms with van der Waals surface area (Å²) in [5.74, 6) is 1.09. The summed E-state index contributed by atoms with van der Waals surface area (Å²) < 4.78 is 5.47. The second-order valence-electron chi connectivity index (χ2n) is 8.24. The molecule has 2 N–H and O–H groups in total. The third kappa shape index (κ3) is 4.71. The Labute approximate surface area is 161 Å². The molecule has 7 nitrogen and oxygen atoms in total. The summed E-state index contributed by atoms with van der Waals surface area (Å²) in [6.45, 7) is 11.3. The molecule has 1 aromatic rings. The summed E-state index contributed by atoms with van der Waals surface area (Å²) >= 11 is 0. The predicted molar refractivity (Wildman–Crippen MR) is 108 cm³/mol. The third-order valence-electron chi connectivity index (χ3n) is 4.85. The van der Waals surface area contributed by atoms with E-state index in [-0.39, 0.29) is 6.09 Å². The van der Waals surface area contributed by atoms with Crippen molar-refractivity contribution in [3.8, 4) is 0 Å². The zero-order chi connectivity index (χ0) is 19.6. The number of carbonyl (C=O) groups excluding carboxylic acids is 1. The van der Waals surface area contributed by atoms with Gasteiger partial charge in [0.1, 0.15) is 11.4 Å². The minimum atomic E-state index is -0.459. The third-order valence-corrected chi connectivity index (χ3v) is 4.85. The van der Waals surface area contributed by atoms with E-state index in [9.17, 15) is 4.79 Å². The average molecular weight is 374 g/mol. The molecule has 1 saturated heterocycles. The molecule has 1 aromatic carbocycles. The molecule has 7 heteroatoms. The van der Waals surface area contributed by atoms with Gasteiger partial charge in [0.25, 0.3) is 0 Å². The molecule has 0 bridgehead atoms. The van der Waals surface area contributed by atoms with Gasteiger partial charge in [0.2, 0.25) is 0 Å². The highest BCUT2D eigenvalue weighted by Gasteiger charge is 2.31. The molecule has 148 valence electrons. The fourth-order valence-corrected chi connectivity index (χ4v) is 3.38. The summed E-state index contributed by atoms with van der Waals surface area (Å²) in [4.78, 5) is 16.3. The predicted octanol–water partition coefficient (Wildman–Crippen LogP) is 2.61. The number of nitrogens with two attached hydrogens (primary N) is 1. The van der Waals surface area contributed by atoms with E-state index in [0.29, 0.717) is 25.7 Å². The van der Waals surface area contributed by atoms with E-state index in [1.54, 1.807) is 4.90 Å². The molecule has 2 aliphatic rings. The fourth-order valence-electron chi connectivity index (χ4n) is 3.38. The molecule has 1 fully saturated rings. The van der Waals surface area contributed by atoms with Crippen LogP contribution in [0.15, 0.2) is 29.4 Å². The number of ether oxygens (including phenoxy) is 1. The normalized spacial score (nSPS) is 20.7. The highest BCUT2D eigenvalue weighted by atomic mass is 16.6. The van der Waals surface area contributed by atoms with Crippen molar-refractivity contribution in [2.75, 3.05) is 31.2 Å². The number of benzene rings is 1. The molecule has 0 spiro atoms. The Kier molecular flexibility index (Phi) is 5.60. The van der Waals surface area contributed by atoms with Gasteiger partial charge in [-0.05, 0) is 45.4 Å². The number of piperazine rings is 1. The smallest absolute Gasteiger partial charge is 0.410 e. The monoisotopic (exact) mass is 373 g/mol. The van der Waals surface area contributed by atoms with Crippen molar-refractivity contribution in [3.05, 3.63) is 29.8 Å². The van der Waals surface area contributed by atoms with Gasteiger partial charge in [-0.1, -0.05) is 12.1 Å².